The number of aromatic nitrogens is 2. The number of methoxy groups -OCH3 is 1. The molecular formula is C22H23ClN4O2S. The average molecular weight is 443 g/mol. The zero-order valence-electron chi connectivity index (χ0n) is 16.7. The number of ether oxygens (including phenoxy) is 1. The van der Waals surface area contributed by atoms with Gasteiger partial charge in [-0.15, -0.1) is 0 Å². The summed E-state index contributed by atoms with van der Waals surface area (Å²) in [6, 6.07) is 15.1. The van der Waals surface area contributed by atoms with Crippen LogP contribution in [0.1, 0.15) is 0 Å². The summed E-state index contributed by atoms with van der Waals surface area (Å²) >= 11 is 8.10. The predicted molar refractivity (Wildman–Crippen MR) is 124 cm³/mol. The van der Waals surface area contributed by atoms with Crippen LogP contribution < -0.4 is 15.0 Å². The van der Waals surface area contributed by atoms with Crippen molar-refractivity contribution in [2.75, 3.05) is 41.9 Å². The Kier molecular flexibility index (Phi) is 6.50. The number of anilines is 2. The maximum Gasteiger partial charge on any atom is 0.246 e. The van der Waals surface area contributed by atoms with Crippen LogP contribution in [0.5, 0.6) is 5.75 Å². The molecule has 0 saturated carbocycles. The molecular weight excluding hydrogens is 420 g/mol. The van der Waals surface area contributed by atoms with Crippen molar-refractivity contribution >= 4 is 40.8 Å². The second-order valence-electron chi connectivity index (χ2n) is 6.92. The second kappa shape index (κ2) is 9.45. The van der Waals surface area contributed by atoms with Gasteiger partial charge in [-0.25, -0.2) is 0 Å². The number of hydrogen-bond acceptors (Lipinski definition) is 5. The van der Waals surface area contributed by atoms with Crippen LogP contribution in [0.25, 0.3) is 11.1 Å². The van der Waals surface area contributed by atoms with Crippen LogP contribution in [-0.2, 0) is 11.3 Å². The van der Waals surface area contributed by atoms with Gasteiger partial charge in [0.25, 0.3) is 0 Å². The van der Waals surface area contributed by atoms with E-state index in [1.54, 1.807) is 23.9 Å². The smallest absolute Gasteiger partial charge is 0.246 e. The molecule has 8 heteroatoms. The van der Waals surface area contributed by atoms with Crippen molar-refractivity contribution in [1.82, 2.24) is 9.78 Å². The Bertz CT molecular complexity index is 1020. The number of benzene rings is 2. The molecule has 2 heterocycles. The van der Waals surface area contributed by atoms with Crippen molar-refractivity contribution in [2.24, 2.45) is 0 Å². The van der Waals surface area contributed by atoms with Gasteiger partial charge >= 0.3 is 0 Å². The van der Waals surface area contributed by atoms with E-state index in [9.17, 15) is 4.79 Å². The predicted octanol–water partition coefficient (Wildman–Crippen LogP) is 4.40. The van der Waals surface area contributed by atoms with Crippen LogP contribution in [0.3, 0.4) is 0 Å². The molecule has 1 N–H and O–H groups in total. The third-order valence-corrected chi connectivity index (χ3v) is 6.18. The number of rotatable bonds is 6. The Balaban J connectivity index is 1.59. The van der Waals surface area contributed by atoms with E-state index in [-0.39, 0.29) is 12.5 Å². The third kappa shape index (κ3) is 4.74. The maximum atomic E-state index is 12.6. The lowest BCUT2D eigenvalue weighted by Crippen LogP contribution is -2.33. The highest BCUT2D eigenvalue weighted by Crippen LogP contribution is 2.32. The molecule has 1 aromatic heterocycles. The number of thioether (sulfide) groups is 1. The van der Waals surface area contributed by atoms with Crippen molar-refractivity contribution in [3.05, 3.63) is 59.8 Å². The second-order valence-corrected chi connectivity index (χ2v) is 8.55. The molecule has 1 aliphatic heterocycles. The van der Waals surface area contributed by atoms with Crippen LogP contribution in [0.2, 0.25) is 5.02 Å². The number of carbonyl (C=O) groups excluding carboxylic acids is 1. The molecule has 1 fully saturated rings. The van der Waals surface area contributed by atoms with E-state index in [0.29, 0.717) is 10.7 Å². The summed E-state index contributed by atoms with van der Waals surface area (Å²) in [5.41, 5.74) is 2.65. The first-order valence-corrected chi connectivity index (χ1v) is 11.3. The topological polar surface area (TPSA) is 59.4 Å². The van der Waals surface area contributed by atoms with E-state index in [2.05, 4.69) is 10.2 Å². The number of nitrogens with zero attached hydrogens (tertiary/aromatic N) is 3. The Labute approximate surface area is 185 Å². The van der Waals surface area contributed by atoms with Crippen LogP contribution >= 0.6 is 23.4 Å². The normalized spacial score (nSPS) is 13.9. The van der Waals surface area contributed by atoms with Gasteiger partial charge < -0.3 is 15.0 Å². The molecule has 1 aliphatic rings. The van der Waals surface area contributed by atoms with Gasteiger partial charge in [0.2, 0.25) is 5.91 Å². The van der Waals surface area contributed by atoms with Crippen molar-refractivity contribution in [2.45, 2.75) is 6.54 Å². The van der Waals surface area contributed by atoms with Gasteiger partial charge in [-0.1, -0.05) is 35.9 Å². The van der Waals surface area contributed by atoms with Crippen LogP contribution in [0, 0.1) is 0 Å². The minimum Gasteiger partial charge on any atom is -0.497 e. The lowest BCUT2D eigenvalue weighted by molar-refractivity contribution is -0.116. The molecule has 0 aliphatic carbocycles. The number of hydrogen-bond donors (Lipinski definition) is 1. The van der Waals surface area contributed by atoms with E-state index >= 15 is 0 Å². The molecule has 1 saturated heterocycles. The summed E-state index contributed by atoms with van der Waals surface area (Å²) in [6.07, 6.45) is 1.94. The third-order valence-electron chi connectivity index (χ3n) is 4.91. The number of amides is 1. The molecule has 0 spiro atoms. The summed E-state index contributed by atoms with van der Waals surface area (Å²) in [5.74, 6) is 3.68. The maximum absolute atomic E-state index is 12.6. The van der Waals surface area contributed by atoms with E-state index in [4.69, 9.17) is 21.4 Å². The Morgan fingerprint density at radius 2 is 1.90 bits per heavy atom. The molecule has 2 aromatic carbocycles. The molecule has 0 atom stereocenters. The van der Waals surface area contributed by atoms with Crippen LogP contribution in [0.15, 0.2) is 54.7 Å². The highest BCUT2D eigenvalue weighted by Gasteiger charge is 2.21. The van der Waals surface area contributed by atoms with Gasteiger partial charge in [0, 0.05) is 36.4 Å². The molecule has 0 radical (unpaired) electrons. The Hall–Kier alpha value is -2.64. The Morgan fingerprint density at radius 3 is 2.60 bits per heavy atom. The van der Waals surface area contributed by atoms with Gasteiger partial charge in [-0.05, 0) is 29.8 Å². The molecule has 0 unspecified atom stereocenters. The highest BCUT2D eigenvalue weighted by molar-refractivity contribution is 7.99. The minimum absolute atomic E-state index is 0.108. The number of halogens is 1. The van der Waals surface area contributed by atoms with Gasteiger partial charge in [0.1, 0.15) is 12.3 Å². The Morgan fingerprint density at radius 1 is 1.17 bits per heavy atom. The van der Waals surface area contributed by atoms with Gasteiger partial charge in [0.05, 0.1) is 17.8 Å². The van der Waals surface area contributed by atoms with E-state index in [1.807, 2.05) is 54.4 Å². The minimum atomic E-state index is -0.173. The monoisotopic (exact) mass is 442 g/mol. The van der Waals surface area contributed by atoms with Crippen molar-refractivity contribution < 1.29 is 9.53 Å². The highest BCUT2D eigenvalue weighted by atomic mass is 35.5. The van der Waals surface area contributed by atoms with Crippen LogP contribution in [-0.4, -0.2) is 47.4 Å². The van der Waals surface area contributed by atoms with Gasteiger partial charge in [0.15, 0.2) is 5.82 Å². The molecule has 3 aromatic rings. The number of nitrogens with one attached hydrogen (secondary N) is 1. The lowest BCUT2D eigenvalue weighted by Gasteiger charge is -2.27. The standard InChI is InChI=1S/C22H23ClN4O2S/c1-29-17-8-6-16(7-9-17)18-14-27(25-22(18)26-10-12-30-13-11-26)15-21(28)24-20-5-3-2-4-19(20)23/h2-9,14H,10-13,15H2,1H3,(H,24,28). The van der Waals surface area contributed by atoms with Gasteiger partial charge in [-0.3, -0.25) is 9.48 Å². The molecule has 1 amide bonds. The zero-order chi connectivity index (χ0) is 20.9. The van der Waals surface area contributed by atoms with Crippen LogP contribution in [0.4, 0.5) is 11.5 Å². The number of carbonyl (C=O) groups is 1. The van der Waals surface area contributed by atoms with Crippen molar-refractivity contribution in [3.63, 3.8) is 0 Å². The summed E-state index contributed by atoms with van der Waals surface area (Å²) in [4.78, 5) is 14.9. The molecule has 6 nitrogen and oxygen atoms in total. The summed E-state index contributed by atoms with van der Waals surface area (Å²) in [6.45, 7) is 1.99. The molecule has 156 valence electrons. The molecule has 0 bridgehead atoms. The number of para-hydroxylation sites is 1. The zero-order valence-corrected chi connectivity index (χ0v) is 18.2. The molecule has 4 rings (SSSR count). The molecule has 30 heavy (non-hydrogen) atoms. The van der Waals surface area contributed by atoms with Crippen molar-refractivity contribution in [3.8, 4) is 16.9 Å². The van der Waals surface area contributed by atoms with E-state index in [1.165, 1.54) is 0 Å². The summed E-state index contributed by atoms with van der Waals surface area (Å²) in [7, 11) is 1.65. The fourth-order valence-electron chi connectivity index (χ4n) is 3.37. The SMILES string of the molecule is COc1ccc(-c2cn(CC(=O)Nc3ccccc3Cl)nc2N2CCSCC2)cc1. The lowest BCUT2D eigenvalue weighted by atomic mass is 10.1. The fourth-order valence-corrected chi connectivity index (χ4v) is 4.46. The summed E-state index contributed by atoms with van der Waals surface area (Å²) < 4.78 is 6.98. The van der Waals surface area contributed by atoms with E-state index in [0.717, 1.165) is 47.3 Å². The van der Waals surface area contributed by atoms with E-state index < -0.39 is 0 Å². The fraction of sp³-hybridized carbons (Fsp3) is 0.273. The quantitative estimate of drug-likeness (QED) is 0.613. The van der Waals surface area contributed by atoms with Crippen molar-refractivity contribution in [1.29, 1.82) is 0 Å². The first kappa shape index (κ1) is 20.6. The average Bonchev–Trinajstić information content (AvgIpc) is 3.19. The first-order valence-electron chi connectivity index (χ1n) is 9.73. The van der Waals surface area contributed by atoms with Gasteiger partial charge in [-0.2, -0.15) is 16.9 Å². The summed E-state index contributed by atoms with van der Waals surface area (Å²) in [5, 5.41) is 8.13. The first-order chi connectivity index (χ1) is 14.6. The largest absolute Gasteiger partial charge is 0.497 e.